The first-order chi connectivity index (χ1) is 15.8. The van der Waals surface area contributed by atoms with E-state index >= 15 is 0 Å². The quantitative estimate of drug-likeness (QED) is 0.549. The van der Waals surface area contributed by atoms with Gasteiger partial charge in [0.05, 0.1) is 23.0 Å². The normalized spacial score (nSPS) is 18.7. The maximum atomic E-state index is 14.2. The summed E-state index contributed by atoms with van der Waals surface area (Å²) < 4.78 is 16.3. The standard InChI is InChI=1S/C27H33FN4O/c1-18(2)31(4)26(33)22-13-20(28)5-6-24(22)32-15-23(21-9-12-29-14-25(21)32)19-7-10-27(11-8-19)16-30(3)17-27/h5-6,9,12-15,18-19H,7-8,10-11,16-17H2,1-4H3. The van der Waals surface area contributed by atoms with Gasteiger partial charge in [0.2, 0.25) is 0 Å². The van der Waals surface area contributed by atoms with Crippen LogP contribution in [0.4, 0.5) is 4.39 Å². The van der Waals surface area contributed by atoms with Crippen molar-refractivity contribution >= 4 is 16.8 Å². The second kappa shape index (κ2) is 8.24. The molecule has 3 aromatic rings. The average molecular weight is 449 g/mol. The van der Waals surface area contributed by atoms with Crippen LogP contribution in [0, 0.1) is 11.2 Å². The molecule has 5 nitrogen and oxygen atoms in total. The molecule has 0 unspecified atom stereocenters. The van der Waals surface area contributed by atoms with Crippen molar-refractivity contribution in [2.24, 2.45) is 5.41 Å². The number of fused-ring (bicyclic) bond motifs is 1. The SMILES string of the molecule is CC(C)N(C)C(=O)c1cc(F)ccc1-n1cc(C2CCC3(CC2)CN(C)C3)c2ccncc21. The van der Waals surface area contributed by atoms with E-state index in [1.54, 1.807) is 18.0 Å². The van der Waals surface area contributed by atoms with Gasteiger partial charge in [0.15, 0.2) is 0 Å². The van der Waals surface area contributed by atoms with Gasteiger partial charge in [0.1, 0.15) is 5.82 Å². The summed E-state index contributed by atoms with van der Waals surface area (Å²) in [6.07, 6.45) is 10.7. The van der Waals surface area contributed by atoms with Gasteiger partial charge in [-0.05, 0) is 87.7 Å². The first-order valence-electron chi connectivity index (χ1n) is 12.0. The van der Waals surface area contributed by atoms with Crippen LogP contribution in [0.2, 0.25) is 0 Å². The lowest BCUT2D eigenvalue weighted by atomic mass is 9.65. The maximum absolute atomic E-state index is 14.2. The van der Waals surface area contributed by atoms with Gasteiger partial charge >= 0.3 is 0 Å². The molecule has 2 aliphatic rings. The Bertz CT molecular complexity index is 1180. The lowest BCUT2D eigenvalue weighted by Crippen LogP contribution is -2.55. The smallest absolute Gasteiger partial charge is 0.256 e. The van der Waals surface area contributed by atoms with E-state index in [9.17, 15) is 9.18 Å². The van der Waals surface area contributed by atoms with Crippen LogP contribution in [0.3, 0.4) is 0 Å². The monoisotopic (exact) mass is 448 g/mol. The highest BCUT2D eigenvalue weighted by Crippen LogP contribution is 2.49. The molecule has 0 atom stereocenters. The van der Waals surface area contributed by atoms with Gasteiger partial charge in [-0.25, -0.2) is 4.39 Å². The zero-order valence-electron chi connectivity index (χ0n) is 20.0. The number of likely N-dealkylation sites (tertiary alicyclic amines) is 1. The Balaban J connectivity index is 1.55. The number of halogens is 1. The third kappa shape index (κ3) is 3.84. The lowest BCUT2D eigenvalue weighted by molar-refractivity contribution is -0.0136. The molecule has 2 aromatic heterocycles. The van der Waals surface area contributed by atoms with E-state index in [4.69, 9.17) is 0 Å². The molecule has 1 amide bonds. The van der Waals surface area contributed by atoms with Crippen LogP contribution >= 0.6 is 0 Å². The molecule has 1 aliphatic heterocycles. The molecule has 0 radical (unpaired) electrons. The van der Waals surface area contributed by atoms with E-state index in [0.717, 1.165) is 5.52 Å². The summed E-state index contributed by atoms with van der Waals surface area (Å²) in [6, 6.07) is 6.60. The molecule has 0 bridgehead atoms. The van der Waals surface area contributed by atoms with E-state index in [-0.39, 0.29) is 11.9 Å². The van der Waals surface area contributed by atoms with Crippen molar-refractivity contribution in [2.75, 3.05) is 27.2 Å². The molecule has 1 aliphatic carbocycles. The van der Waals surface area contributed by atoms with Crippen molar-refractivity contribution in [3.05, 3.63) is 59.8 Å². The molecular weight excluding hydrogens is 415 g/mol. The summed E-state index contributed by atoms with van der Waals surface area (Å²) in [5, 5.41) is 1.18. The Kier molecular flexibility index (Phi) is 5.52. The summed E-state index contributed by atoms with van der Waals surface area (Å²) in [5.41, 5.74) is 3.87. The van der Waals surface area contributed by atoms with Crippen molar-refractivity contribution in [3.8, 4) is 5.69 Å². The Morgan fingerprint density at radius 3 is 2.61 bits per heavy atom. The van der Waals surface area contributed by atoms with E-state index in [1.165, 1.54) is 61.9 Å². The fraction of sp³-hybridized carbons (Fsp3) is 0.481. The predicted octanol–water partition coefficient (Wildman–Crippen LogP) is 5.23. The first kappa shape index (κ1) is 22.1. The van der Waals surface area contributed by atoms with Crippen molar-refractivity contribution in [1.82, 2.24) is 19.4 Å². The summed E-state index contributed by atoms with van der Waals surface area (Å²) in [4.78, 5) is 21.7. The molecule has 1 aromatic carbocycles. The van der Waals surface area contributed by atoms with Gasteiger partial charge in [-0.1, -0.05) is 0 Å². The molecule has 6 heteroatoms. The third-order valence-corrected chi connectivity index (χ3v) is 7.88. The van der Waals surface area contributed by atoms with Crippen molar-refractivity contribution in [2.45, 2.75) is 51.5 Å². The number of carbonyl (C=O) groups excluding carboxylic acids is 1. The molecule has 0 N–H and O–H groups in total. The van der Waals surface area contributed by atoms with Gasteiger partial charge in [0.25, 0.3) is 5.91 Å². The van der Waals surface area contributed by atoms with E-state index < -0.39 is 5.82 Å². The number of rotatable bonds is 4. The van der Waals surface area contributed by atoms with Gasteiger partial charge in [-0.3, -0.25) is 9.78 Å². The largest absolute Gasteiger partial charge is 0.339 e. The van der Waals surface area contributed by atoms with Gasteiger partial charge in [0, 0.05) is 44.0 Å². The van der Waals surface area contributed by atoms with E-state index in [1.807, 2.05) is 30.8 Å². The number of aromatic nitrogens is 2. The zero-order chi connectivity index (χ0) is 23.3. The number of amides is 1. The lowest BCUT2D eigenvalue weighted by Gasteiger charge is -2.52. The molecule has 5 rings (SSSR count). The van der Waals surface area contributed by atoms with Crippen LogP contribution in [-0.4, -0.2) is 58.5 Å². The van der Waals surface area contributed by atoms with Crippen LogP contribution in [0.5, 0.6) is 0 Å². The van der Waals surface area contributed by atoms with Crippen molar-refractivity contribution in [1.29, 1.82) is 0 Å². The number of pyridine rings is 1. The molecule has 3 heterocycles. The Hall–Kier alpha value is -2.73. The second-order valence-corrected chi connectivity index (χ2v) is 10.5. The summed E-state index contributed by atoms with van der Waals surface area (Å²) in [7, 11) is 3.97. The minimum absolute atomic E-state index is 0.0207. The first-order valence-corrected chi connectivity index (χ1v) is 12.0. The molecule has 1 saturated carbocycles. The number of benzene rings is 1. The van der Waals surface area contributed by atoms with Crippen LogP contribution in [-0.2, 0) is 0 Å². The highest BCUT2D eigenvalue weighted by atomic mass is 19.1. The van der Waals surface area contributed by atoms with Crippen LogP contribution in [0.15, 0.2) is 42.9 Å². The van der Waals surface area contributed by atoms with Crippen LogP contribution in [0.25, 0.3) is 16.6 Å². The maximum Gasteiger partial charge on any atom is 0.256 e. The molecule has 174 valence electrons. The Labute approximate surface area is 195 Å². The molecule has 1 saturated heterocycles. The summed E-state index contributed by atoms with van der Waals surface area (Å²) in [6.45, 7) is 6.35. The number of hydrogen-bond acceptors (Lipinski definition) is 3. The van der Waals surface area contributed by atoms with Crippen LogP contribution in [0.1, 0.15) is 61.4 Å². The van der Waals surface area contributed by atoms with E-state index in [2.05, 4.69) is 29.2 Å². The minimum atomic E-state index is -0.405. The van der Waals surface area contributed by atoms with Crippen molar-refractivity contribution < 1.29 is 9.18 Å². The highest BCUT2D eigenvalue weighted by Gasteiger charge is 2.43. The van der Waals surface area contributed by atoms with Gasteiger partial charge in [-0.2, -0.15) is 0 Å². The molecule has 33 heavy (non-hydrogen) atoms. The fourth-order valence-electron chi connectivity index (χ4n) is 5.90. The molecular formula is C27H33FN4O. The predicted molar refractivity (Wildman–Crippen MR) is 129 cm³/mol. The Morgan fingerprint density at radius 1 is 1.21 bits per heavy atom. The number of hydrogen-bond donors (Lipinski definition) is 0. The van der Waals surface area contributed by atoms with Gasteiger partial charge < -0.3 is 14.4 Å². The Morgan fingerprint density at radius 2 is 1.94 bits per heavy atom. The highest BCUT2D eigenvalue weighted by molar-refractivity contribution is 5.99. The topological polar surface area (TPSA) is 41.4 Å². The zero-order valence-corrected chi connectivity index (χ0v) is 20.0. The second-order valence-electron chi connectivity index (χ2n) is 10.5. The molecule has 2 fully saturated rings. The molecule has 1 spiro atoms. The van der Waals surface area contributed by atoms with Crippen LogP contribution < -0.4 is 0 Å². The summed E-state index contributed by atoms with van der Waals surface area (Å²) in [5.74, 6) is -0.0942. The number of nitrogens with zero attached hydrogens (tertiary/aromatic N) is 4. The summed E-state index contributed by atoms with van der Waals surface area (Å²) >= 11 is 0. The third-order valence-electron chi connectivity index (χ3n) is 7.88. The average Bonchev–Trinajstić information content (AvgIpc) is 3.17. The van der Waals surface area contributed by atoms with E-state index in [0.29, 0.717) is 22.6 Å². The number of carbonyl (C=O) groups is 1. The van der Waals surface area contributed by atoms with Crippen molar-refractivity contribution in [3.63, 3.8) is 0 Å². The van der Waals surface area contributed by atoms with Gasteiger partial charge in [-0.15, -0.1) is 0 Å². The minimum Gasteiger partial charge on any atom is -0.339 e. The fourth-order valence-corrected chi connectivity index (χ4v) is 5.90.